The quantitative estimate of drug-likeness (QED) is 0.320. The SMILES string of the molecule is CCNC(=NCCc1cc(OC)ccc1OC)N1CCN(Cc2ccon2)CC1.I. The van der Waals surface area contributed by atoms with Crippen LogP contribution in [0, 0.1) is 0 Å². The first-order valence-electron chi connectivity index (χ1n) is 10.1. The summed E-state index contributed by atoms with van der Waals surface area (Å²) in [6, 6.07) is 7.79. The summed E-state index contributed by atoms with van der Waals surface area (Å²) in [7, 11) is 3.37. The number of piperazine rings is 1. The Morgan fingerprint density at radius 1 is 1.17 bits per heavy atom. The Bertz CT molecular complexity index is 777. The van der Waals surface area contributed by atoms with Crippen molar-refractivity contribution >= 4 is 29.9 Å². The van der Waals surface area contributed by atoms with Crippen molar-refractivity contribution in [2.45, 2.75) is 19.9 Å². The molecule has 166 valence electrons. The highest BCUT2D eigenvalue weighted by Crippen LogP contribution is 2.24. The molecule has 1 aromatic heterocycles. The van der Waals surface area contributed by atoms with Gasteiger partial charge in [0.15, 0.2) is 5.96 Å². The molecule has 1 aliphatic rings. The zero-order valence-corrected chi connectivity index (χ0v) is 20.3. The number of hydrogen-bond donors (Lipinski definition) is 1. The maximum Gasteiger partial charge on any atom is 0.194 e. The highest BCUT2D eigenvalue weighted by atomic mass is 127. The molecule has 9 heteroatoms. The van der Waals surface area contributed by atoms with Gasteiger partial charge >= 0.3 is 0 Å². The van der Waals surface area contributed by atoms with Gasteiger partial charge in [-0.3, -0.25) is 9.89 Å². The van der Waals surface area contributed by atoms with E-state index in [1.54, 1.807) is 20.5 Å². The normalized spacial score (nSPS) is 14.9. The average Bonchev–Trinajstić information content (AvgIpc) is 3.26. The van der Waals surface area contributed by atoms with Gasteiger partial charge in [0.2, 0.25) is 0 Å². The number of aliphatic imine (C=N–C) groups is 1. The molecule has 0 radical (unpaired) electrons. The minimum atomic E-state index is 0. The van der Waals surface area contributed by atoms with Crippen LogP contribution in [0.3, 0.4) is 0 Å². The van der Waals surface area contributed by atoms with Gasteiger partial charge in [-0.25, -0.2) is 0 Å². The number of aromatic nitrogens is 1. The third kappa shape index (κ3) is 6.76. The third-order valence-corrected chi connectivity index (χ3v) is 5.01. The summed E-state index contributed by atoms with van der Waals surface area (Å²) in [5.74, 6) is 2.67. The van der Waals surface area contributed by atoms with E-state index in [1.165, 1.54) is 0 Å². The van der Waals surface area contributed by atoms with Crippen LogP contribution in [0.4, 0.5) is 0 Å². The fourth-order valence-electron chi connectivity index (χ4n) is 3.45. The van der Waals surface area contributed by atoms with Gasteiger partial charge in [-0.1, -0.05) is 5.16 Å². The van der Waals surface area contributed by atoms with Gasteiger partial charge in [0.1, 0.15) is 17.8 Å². The van der Waals surface area contributed by atoms with Crippen LogP contribution in [0.25, 0.3) is 0 Å². The second-order valence-corrected chi connectivity index (χ2v) is 6.92. The topological polar surface area (TPSA) is 75.4 Å². The van der Waals surface area contributed by atoms with E-state index < -0.39 is 0 Å². The van der Waals surface area contributed by atoms with E-state index in [-0.39, 0.29) is 24.0 Å². The molecule has 8 nitrogen and oxygen atoms in total. The number of rotatable bonds is 8. The Kier molecular flexibility index (Phi) is 10.2. The Hall–Kier alpha value is -2.01. The standard InChI is InChI=1S/C21H31N5O3.HI/c1-4-22-21(23-9-7-17-15-19(27-2)5-6-20(17)28-3)26-12-10-25(11-13-26)16-18-8-14-29-24-18;/h5-6,8,14-15H,4,7,9-13,16H2,1-3H3,(H,22,23);1H. The molecule has 30 heavy (non-hydrogen) atoms. The molecule has 0 atom stereocenters. The lowest BCUT2D eigenvalue weighted by Gasteiger charge is -2.36. The van der Waals surface area contributed by atoms with E-state index in [0.29, 0.717) is 6.54 Å². The number of guanidine groups is 1. The fourth-order valence-corrected chi connectivity index (χ4v) is 3.45. The Balaban J connectivity index is 0.00000320. The van der Waals surface area contributed by atoms with Crippen molar-refractivity contribution in [3.05, 3.63) is 41.8 Å². The molecule has 1 N–H and O–H groups in total. The zero-order chi connectivity index (χ0) is 20.5. The maximum absolute atomic E-state index is 5.47. The number of nitrogens with one attached hydrogen (secondary N) is 1. The lowest BCUT2D eigenvalue weighted by atomic mass is 10.1. The largest absolute Gasteiger partial charge is 0.497 e. The first-order valence-corrected chi connectivity index (χ1v) is 10.1. The van der Waals surface area contributed by atoms with E-state index in [9.17, 15) is 0 Å². The van der Waals surface area contributed by atoms with Gasteiger partial charge in [0, 0.05) is 51.9 Å². The van der Waals surface area contributed by atoms with Crippen molar-refractivity contribution in [3.63, 3.8) is 0 Å². The van der Waals surface area contributed by atoms with Gasteiger partial charge in [-0.15, -0.1) is 24.0 Å². The number of nitrogens with zero attached hydrogens (tertiary/aromatic N) is 4. The van der Waals surface area contributed by atoms with E-state index in [1.807, 2.05) is 24.3 Å². The first-order chi connectivity index (χ1) is 14.2. The second-order valence-electron chi connectivity index (χ2n) is 6.92. The van der Waals surface area contributed by atoms with Gasteiger partial charge in [-0.05, 0) is 37.1 Å². The third-order valence-electron chi connectivity index (χ3n) is 5.01. The molecule has 0 bridgehead atoms. The Labute approximate surface area is 195 Å². The number of methoxy groups -OCH3 is 2. The van der Waals surface area contributed by atoms with Crippen LogP contribution in [0.15, 0.2) is 40.0 Å². The van der Waals surface area contributed by atoms with E-state index in [4.69, 9.17) is 19.0 Å². The van der Waals surface area contributed by atoms with Gasteiger partial charge in [-0.2, -0.15) is 0 Å². The Morgan fingerprint density at radius 2 is 1.97 bits per heavy atom. The minimum absolute atomic E-state index is 0. The number of benzene rings is 1. The summed E-state index contributed by atoms with van der Waals surface area (Å²) >= 11 is 0. The summed E-state index contributed by atoms with van der Waals surface area (Å²) < 4.78 is 15.7. The summed E-state index contributed by atoms with van der Waals surface area (Å²) in [5, 5.41) is 7.43. The van der Waals surface area contributed by atoms with E-state index in [0.717, 1.165) is 74.4 Å². The van der Waals surface area contributed by atoms with Crippen molar-refractivity contribution in [2.75, 3.05) is 53.5 Å². The molecular weight excluding hydrogens is 497 g/mol. The molecule has 1 aliphatic heterocycles. The smallest absolute Gasteiger partial charge is 0.194 e. The number of ether oxygens (including phenoxy) is 2. The molecule has 1 saturated heterocycles. The zero-order valence-electron chi connectivity index (χ0n) is 18.0. The predicted octanol–water partition coefficient (Wildman–Crippen LogP) is 2.64. The molecule has 0 aliphatic carbocycles. The first kappa shape index (κ1) is 24.3. The predicted molar refractivity (Wildman–Crippen MR) is 128 cm³/mol. The van der Waals surface area contributed by atoms with Gasteiger partial charge < -0.3 is 24.2 Å². The summed E-state index contributed by atoms with van der Waals surface area (Å²) in [4.78, 5) is 9.57. The van der Waals surface area contributed by atoms with Crippen molar-refractivity contribution in [2.24, 2.45) is 4.99 Å². The summed E-state index contributed by atoms with van der Waals surface area (Å²) in [6.07, 6.45) is 2.42. The number of hydrogen-bond acceptors (Lipinski definition) is 6. The maximum atomic E-state index is 5.47. The molecule has 1 fully saturated rings. The van der Waals surface area contributed by atoms with E-state index in [2.05, 4.69) is 27.2 Å². The van der Waals surface area contributed by atoms with Crippen LogP contribution in [-0.4, -0.2) is 74.4 Å². The van der Waals surface area contributed by atoms with Crippen LogP contribution in [0.1, 0.15) is 18.2 Å². The molecule has 3 rings (SSSR count). The molecule has 0 unspecified atom stereocenters. The van der Waals surface area contributed by atoms with Gasteiger partial charge in [0.05, 0.1) is 19.9 Å². The molecule has 1 aromatic carbocycles. The fraction of sp³-hybridized carbons (Fsp3) is 0.524. The monoisotopic (exact) mass is 529 g/mol. The van der Waals surface area contributed by atoms with Crippen molar-refractivity contribution in [1.29, 1.82) is 0 Å². The van der Waals surface area contributed by atoms with Crippen LogP contribution in [0.5, 0.6) is 11.5 Å². The molecule has 2 heterocycles. The lowest BCUT2D eigenvalue weighted by Crippen LogP contribution is -2.52. The minimum Gasteiger partial charge on any atom is -0.497 e. The average molecular weight is 529 g/mol. The van der Waals surface area contributed by atoms with Crippen molar-refractivity contribution < 1.29 is 14.0 Å². The van der Waals surface area contributed by atoms with Crippen LogP contribution < -0.4 is 14.8 Å². The lowest BCUT2D eigenvalue weighted by molar-refractivity contribution is 0.169. The highest BCUT2D eigenvalue weighted by Gasteiger charge is 2.20. The molecule has 0 saturated carbocycles. The van der Waals surface area contributed by atoms with Crippen LogP contribution >= 0.6 is 24.0 Å². The molecule has 0 amide bonds. The van der Waals surface area contributed by atoms with Crippen molar-refractivity contribution in [3.8, 4) is 11.5 Å². The summed E-state index contributed by atoms with van der Waals surface area (Å²) in [5.41, 5.74) is 2.08. The highest BCUT2D eigenvalue weighted by molar-refractivity contribution is 14.0. The molecular formula is C21H32IN5O3. The van der Waals surface area contributed by atoms with Gasteiger partial charge in [0.25, 0.3) is 0 Å². The van der Waals surface area contributed by atoms with Crippen LogP contribution in [0.2, 0.25) is 0 Å². The summed E-state index contributed by atoms with van der Waals surface area (Å²) in [6.45, 7) is 8.28. The van der Waals surface area contributed by atoms with Crippen molar-refractivity contribution in [1.82, 2.24) is 20.3 Å². The molecule has 2 aromatic rings. The van der Waals surface area contributed by atoms with E-state index >= 15 is 0 Å². The second kappa shape index (κ2) is 12.6. The Morgan fingerprint density at radius 3 is 2.60 bits per heavy atom. The molecule has 0 spiro atoms. The van der Waals surface area contributed by atoms with Crippen LogP contribution in [-0.2, 0) is 13.0 Å². The number of halogens is 1.